The Labute approximate surface area is 120 Å². The van der Waals surface area contributed by atoms with Crippen LogP contribution >= 0.6 is 0 Å². The van der Waals surface area contributed by atoms with E-state index in [4.69, 9.17) is 5.73 Å². The smallest absolute Gasteiger partial charge is 0.225 e. The van der Waals surface area contributed by atoms with Crippen LogP contribution in [0.4, 0.5) is 5.95 Å². The molecule has 1 heterocycles. The summed E-state index contributed by atoms with van der Waals surface area (Å²) in [4.78, 5) is 11.1. The number of rotatable bonds is 5. The third-order valence-corrected chi connectivity index (χ3v) is 3.42. The SMILES string of the molecule is CCN(CC)c1nccc(-c2ccc(C(C)N)cc2)n1. The molecule has 20 heavy (non-hydrogen) atoms. The molecule has 1 unspecified atom stereocenters. The summed E-state index contributed by atoms with van der Waals surface area (Å²) in [6, 6.07) is 10.2. The molecule has 0 amide bonds. The average Bonchev–Trinajstić information content (AvgIpc) is 2.49. The Kier molecular flexibility index (Phi) is 4.69. The van der Waals surface area contributed by atoms with Gasteiger partial charge in [-0.1, -0.05) is 24.3 Å². The topological polar surface area (TPSA) is 55.0 Å². The Morgan fingerprint density at radius 3 is 2.30 bits per heavy atom. The van der Waals surface area contributed by atoms with E-state index in [9.17, 15) is 0 Å². The Morgan fingerprint density at radius 1 is 1.10 bits per heavy atom. The first-order valence-electron chi connectivity index (χ1n) is 7.09. The molecule has 0 fully saturated rings. The lowest BCUT2D eigenvalue weighted by molar-refractivity contribution is 0.817. The predicted molar refractivity (Wildman–Crippen MR) is 83.6 cm³/mol. The zero-order valence-electron chi connectivity index (χ0n) is 12.4. The second kappa shape index (κ2) is 6.48. The van der Waals surface area contributed by atoms with Gasteiger partial charge in [0.15, 0.2) is 0 Å². The number of hydrogen-bond donors (Lipinski definition) is 1. The molecule has 2 aromatic rings. The van der Waals surface area contributed by atoms with E-state index in [0.717, 1.165) is 35.9 Å². The fraction of sp³-hybridized carbons (Fsp3) is 0.375. The lowest BCUT2D eigenvalue weighted by Gasteiger charge is -2.18. The highest BCUT2D eigenvalue weighted by Crippen LogP contribution is 2.21. The molecule has 1 aromatic heterocycles. The number of nitrogens with zero attached hydrogens (tertiary/aromatic N) is 3. The summed E-state index contributed by atoms with van der Waals surface area (Å²) < 4.78 is 0. The van der Waals surface area contributed by atoms with Crippen LogP contribution in [0.5, 0.6) is 0 Å². The monoisotopic (exact) mass is 270 g/mol. The molecule has 0 aliphatic heterocycles. The largest absolute Gasteiger partial charge is 0.341 e. The maximum Gasteiger partial charge on any atom is 0.225 e. The van der Waals surface area contributed by atoms with Gasteiger partial charge >= 0.3 is 0 Å². The molecule has 2 rings (SSSR count). The number of anilines is 1. The van der Waals surface area contributed by atoms with Gasteiger partial charge in [-0.25, -0.2) is 9.97 Å². The number of nitrogens with two attached hydrogens (primary N) is 1. The summed E-state index contributed by atoms with van der Waals surface area (Å²) >= 11 is 0. The van der Waals surface area contributed by atoms with Crippen molar-refractivity contribution in [1.82, 2.24) is 9.97 Å². The molecule has 0 radical (unpaired) electrons. The van der Waals surface area contributed by atoms with Gasteiger partial charge in [0.2, 0.25) is 5.95 Å². The molecule has 0 bridgehead atoms. The molecule has 0 aliphatic carbocycles. The summed E-state index contributed by atoms with van der Waals surface area (Å²) in [5, 5.41) is 0. The minimum atomic E-state index is 0.0562. The molecule has 0 saturated heterocycles. The van der Waals surface area contributed by atoms with E-state index in [1.165, 1.54) is 0 Å². The molecule has 1 atom stereocenters. The van der Waals surface area contributed by atoms with Crippen molar-refractivity contribution in [3.63, 3.8) is 0 Å². The van der Waals surface area contributed by atoms with Crippen LogP contribution in [0.25, 0.3) is 11.3 Å². The van der Waals surface area contributed by atoms with E-state index in [1.54, 1.807) is 0 Å². The molecule has 2 N–H and O–H groups in total. The Morgan fingerprint density at radius 2 is 1.75 bits per heavy atom. The number of aromatic nitrogens is 2. The first-order chi connectivity index (χ1) is 9.65. The molecule has 4 nitrogen and oxygen atoms in total. The molecule has 0 aliphatic rings. The second-order valence-corrected chi connectivity index (χ2v) is 4.82. The lowest BCUT2D eigenvalue weighted by atomic mass is 10.1. The van der Waals surface area contributed by atoms with Gasteiger partial charge in [-0.05, 0) is 32.4 Å². The van der Waals surface area contributed by atoms with E-state index >= 15 is 0 Å². The van der Waals surface area contributed by atoms with Crippen molar-refractivity contribution in [1.29, 1.82) is 0 Å². The summed E-state index contributed by atoms with van der Waals surface area (Å²) in [5.41, 5.74) is 9.03. The number of benzene rings is 1. The highest BCUT2D eigenvalue weighted by Gasteiger charge is 2.07. The Bertz CT molecular complexity index is 545. The average molecular weight is 270 g/mol. The van der Waals surface area contributed by atoms with E-state index in [0.29, 0.717) is 0 Å². The van der Waals surface area contributed by atoms with Crippen molar-refractivity contribution in [2.75, 3.05) is 18.0 Å². The van der Waals surface area contributed by atoms with Crippen molar-refractivity contribution in [3.05, 3.63) is 42.1 Å². The molecule has 0 saturated carbocycles. The van der Waals surface area contributed by atoms with Crippen LogP contribution in [0.15, 0.2) is 36.5 Å². The van der Waals surface area contributed by atoms with Gasteiger partial charge in [0, 0.05) is 30.9 Å². The van der Waals surface area contributed by atoms with Crippen LogP contribution in [0.2, 0.25) is 0 Å². The van der Waals surface area contributed by atoms with Gasteiger partial charge in [0.05, 0.1) is 5.69 Å². The van der Waals surface area contributed by atoms with Crippen LogP contribution in [0.3, 0.4) is 0 Å². The van der Waals surface area contributed by atoms with Crippen LogP contribution in [0.1, 0.15) is 32.4 Å². The normalized spacial score (nSPS) is 12.2. The summed E-state index contributed by atoms with van der Waals surface area (Å²) in [6.07, 6.45) is 1.81. The summed E-state index contributed by atoms with van der Waals surface area (Å²) in [6.45, 7) is 8.01. The van der Waals surface area contributed by atoms with Crippen molar-refractivity contribution < 1.29 is 0 Å². The van der Waals surface area contributed by atoms with Crippen molar-refractivity contribution in [2.24, 2.45) is 5.73 Å². The molecule has 0 spiro atoms. The maximum atomic E-state index is 5.87. The van der Waals surface area contributed by atoms with Gasteiger partial charge in [0.1, 0.15) is 0 Å². The summed E-state index contributed by atoms with van der Waals surface area (Å²) in [5.74, 6) is 0.781. The van der Waals surface area contributed by atoms with E-state index < -0.39 is 0 Å². The fourth-order valence-corrected chi connectivity index (χ4v) is 2.13. The van der Waals surface area contributed by atoms with Gasteiger partial charge in [-0.2, -0.15) is 0 Å². The third kappa shape index (κ3) is 3.14. The highest BCUT2D eigenvalue weighted by atomic mass is 15.2. The number of hydrogen-bond acceptors (Lipinski definition) is 4. The molecule has 4 heteroatoms. The zero-order valence-corrected chi connectivity index (χ0v) is 12.4. The third-order valence-electron chi connectivity index (χ3n) is 3.42. The van der Waals surface area contributed by atoms with E-state index in [1.807, 2.05) is 19.2 Å². The van der Waals surface area contributed by atoms with Gasteiger partial charge in [-0.15, -0.1) is 0 Å². The lowest BCUT2D eigenvalue weighted by Crippen LogP contribution is -2.24. The van der Waals surface area contributed by atoms with Crippen LogP contribution in [0, 0.1) is 0 Å². The predicted octanol–water partition coefficient (Wildman–Crippen LogP) is 3.01. The van der Waals surface area contributed by atoms with Crippen LogP contribution in [-0.4, -0.2) is 23.1 Å². The highest BCUT2D eigenvalue weighted by molar-refractivity contribution is 5.60. The molecular formula is C16H22N4. The van der Waals surface area contributed by atoms with E-state index in [-0.39, 0.29) is 6.04 Å². The van der Waals surface area contributed by atoms with Gasteiger partial charge in [-0.3, -0.25) is 0 Å². The minimum Gasteiger partial charge on any atom is -0.341 e. The first-order valence-corrected chi connectivity index (χ1v) is 7.09. The molecule has 1 aromatic carbocycles. The maximum absolute atomic E-state index is 5.87. The van der Waals surface area contributed by atoms with E-state index in [2.05, 4.69) is 53.0 Å². The van der Waals surface area contributed by atoms with Crippen LogP contribution < -0.4 is 10.6 Å². The second-order valence-electron chi connectivity index (χ2n) is 4.82. The van der Waals surface area contributed by atoms with Crippen molar-refractivity contribution in [3.8, 4) is 11.3 Å². The molecular weight excluding hydrogens is 248 g/mol. The quantitative estimate of drug-likeness (QED) is 0.907. The summed E-state index contributed by atoms with van der Waals surface area (Å²) in [7, 11) is 0. The standard InChI is InChI=1S/C16H22N4/c1-4-20(5-2)16-18-11-10-15(19-16)14-8-6-13(7-9-14)12(3)17/h6-12H,4-5,17H2,1-3H3. The van der Waals surface area contributed by atoms with Gasteiger partial charge < -0.3 is 10.6 Å². The van der Waals surface area contributed by atoms with Crippen molar-refractivity contribution >= 4 is 5.95 Å². The Hall–Kier alpha value is -1.94. The minimum absolute atomic E-state index is 0.0562. The fourth-order valence-electron chi connectivity index (χ4n) is 2.13. The first kappa shape index (κ1) is 14.5. The zero-order chi connectivity index (χ0) is 14.5. The van der Waals surface area contributed by atoms with Crippen molar-refractivity contribution in [2.45, 2.75) is 26.8 Å². The molecule has 106 valence electrons. The Balaban J connectivity index is 2.30. The van der Waals surface area contributed by atoms with Crippen LogP contribution in [-0.2, 0) is 0 Å². The van der Waals surface area contributed by atoms with Gasteiger partial charge in [0.25, 0.3) is 0 Å².